The zero-order chi connectivity index (χ0) is 19.7. The molecule has 0 saturated carbocycles. The molecule has 0 aliphatic rings. The van der Waals surface area contributed by atoms with E-state index in [1.54, 1.807) is 0 Å². The maximum Gasteiger partial charge on any atom is 0.0857 e. The summed E-state index contributed by atoms with van der Waals surface area (Å²) >= 11 is 0. The Kier molecular flexibility index (Phi) is 5.93. The van der Waals surface area contributed by atoms with Crippen LogP contribution < -0.4 is 0 Å². The highest BCUT2D eigenvalue weighted by Gasteiger charge is 1.99. The van der Waals surface area contributed by atoms with Crippen LogP contribution in [0.5, 0.6) is 0 Å². The maximum absolute atomic E-state index is 4.28. The Morgan fingerprint density at radius 2 is 0.655 bits per heavy atom. The minimum absolute atomic E-state index is 0.842. The van der Waals surface area contributed by atoms with E-state index in [4.69, 9.17) is 0 Å². The van der Waals surface area contributed by atoms with Crippen molar-refractivity contribution in [2.75, 3.05) is 0 Å². The Balaban J connectivity index is 1.36. The summed E-state index contributed by atoms with van der Waals surface area (Å²) in [6.45, 7) is 0. The normalized spacial score (nSPS) is 11.3. The topological polar surface area (TPSA) is 49.4 Å². The van der Waals surface area contributed by atoms with Crippen LogP contribution in [0.1, 0.15) is 11.1 Å². The number of nitrogens with zero attached hydrogens (tertiary/aromatic N) is 4. The molecule has 0 amide bonds. The fraction of sp³-hybridized carbons (Fsp3) is 0.0400. The standard InChI is InChI=1S/C25H20N4/c1-3-7-22(8-4-1)26-28-24-15-11-20(12-16-24)19-21-13-17-25(18-14-21)29-27-23-9-5-2-6-10-23/h1-18H,19H2. The van der Waals surface area contributed by atoms with Gasteiger partial charge in [-0.2, -0.15) is 20.5 Å². The van der Waals surface area contributed by atoms with Crippen molar-refractivity contribution in [1.82, 2.24) is 0 Å². The van der Waals surface area contributed by atoms with Crippen molar-refractivity contribution in [2.45, 2.75) is 6.42 Å². The summed E-state index contributed by atoms with van der Waals surface area (Å²) < 4.78 is 0. The predicted molar refractivity (Wildman–Crippen MR) is 117 cm³/mol. The first kappa shape index (κ1) is 18.4. The monoisotopic (exact) mass is 376 g/mol. The van der Waals surface area contributed by atoms with E-state index >= 15 is 0 Å². The van der Waals surface area contributed by atoms with E-state index in [0.717, 1.165) is 29.2 Å². The summed E-state index contributed by atoms with van der Waals surface area (Å²) in [5.41, 5.74) is 5.83. The molecule has 0 spiro atoms. The van der Waals surface area contributed by atoms with Crippen LogP contribution in [0, 0.1) is 0 Å². The van der Waals surface area contributed by atoms with Crippen molar-refractivity contribution < 1.29 is 0 Å². The maximum atomic E-state index is 4.28. The van der Waals surface area contributed by atoms with Crippen molar-refractivity contribution in [3.05, 3.63) is 120 Å². The molecule has 0 atom stereocenters. The lowest BCUT2D eigenvalue weighted by molar-refractivity contribution is 1.17. The van der Waals surface area contributed by atoms with Crippen molar-refractivity contribution >= 4 is 22.7 Å². The SMILES string of the molecule is c1ccc(N=Nc2ccc(Cc3ccc(N=Nc4ccccc4)cc3)cc2)cc1. The largest absolute Gasteiger partial charge is 0.151 e. The molecule has 4 aromatic carbocycles. The van der Waals surface area contributed by atoms with Crippen molar-refractivity contribution in [3.8, 4) is 0 Å². The lowest BCUT2D eigenvalue weighted by Gasteiger charge is -2.03. The van der Waals surface area contributed by atoms with Gasteiger partial charge in [0, 0.05) is 0 Å². The molecule has 0 aliphatic heterocycles. The third-order valence-electron chi connectivity index (χ3n) is 4.36. The fourth-order valence-electron chi connectivity index (χ4n) is 2.82. The Bertz CT molecular complexity index is 994. The summed E-state index contributed by atoms with van der Waals surface area (Å²) in [6, 6.07) is 35.8. The van der Waals surface area contributed by atoms with Crippen LogP contribution >= 0.6 is 0 Å². The van der Waals surface area contributed by atoms with Crippen LogP contribution in [0.2, 0.25) is 0 Å². The lowest BCUT2D eigenvalue weighted by atomic mass is 10.0. The van der Waals surface area contributed by atoms with Gasteiger partial charge in [0.25, 0.3) is 0 Å². The van der Waals surface area contributed by atoms with Crippen LogP contribution in [0.25, 0.3) is 0 Å². The summed E-state index contributed by atoms with van der Waals surface area (Å²) in [5.74, 6) is 0. The van der Waals surface area contributed by atoms with Gasteiger partial charge in [0.1, 0.15) is 0 Å². The number of azo groups is 2. The quantitative estimate of drug-likeness (QED) is 0.305. The van der Waals surface area contributed by atoms with Gasteiger partial charge in [-0.3, -0.25) is 0 Å². The van der Waals surface area contributed by atoms with E-state index in [9.17, 15) is 0 Å². The average Bonchev–Trinajstić information content (AvgIpc) is 2.80. The third-order valence-corrected chi connectivity index (χ3v) is 4.36. The highest BCUT2D eigenvalue weighted by atomic mass is 15.1. The van der Waals surface area contributed by atoms with Gasteiger partial charge in [-0.05, 0) is 66.1 Å². The fourth-order valence-corrected chi connectivity index (χ4v) is 2.82. The highest BCUT2D eigenvalue weighted by Crippen LogP contribution is 2.22. The van der Waals surface area contributed by atoms with E-state index in [0.29, 0.717) is 0 Å². The first-order chi connectivity index (χ1) is 14.3. The van der Waals surface area contributed by atoms with Gasteiger partial charge in [-0.25, -0.2) is 0 Å². The zero-order valence-electron chi connectivity index (χ0n) is 15.9. The minimum Gasteiger partial charge on any atom is -0.151 e. The van der Waals surface area contributed by atoms with Crippen molar-refractivity contribution in [1.29, 1.82) is 0 Å². The molecule has 4 rings (SSSR count). The molecule has 0 heterocycles. The number of hydrogen-bond donors (Lipinski definition) is 0. The Morgan fingerprint density at radius 1 is 0.345 bits per heavy atom. The second-order valence-electron chi connectivity index (χ2n) is 6.58. The van der Waals surface area contributed by atoms with Crippen LogP contribution in [-0.4, -0.2) is 0 Å². The van der Waals surface area contributed by atoms with Crippen molar-refractivity contribution in [2.24, 2.45) is 20.5 Å². The molecule has 0 N–H and O–H groups in total. The second kappa shape index (κ2) is 9.33. The summed E-state index contributed by atoms with van der Waals surface area (Å²) in [7, 11) is 0. The molecular formula is C25H20N4. The molecule has 0 bridgehead atoms. The molecule has 0 unspecified atom stereocenters. The molecule has 0 aromatic heterocycles. The van der Waals surface area contributed by atoms with Crippen LogP contribution in [0.15, 0.2) is 130 Å². The van der Waals surface area contributed by atoms with E-state index in [2.05, 4.69) is 44.7 Å². The Hall–Kier alpha value is -3.92. The van der Waals surface area contributed by atoms with E-state index in [1.165, 1.54) is 11.1 Å². The summed E-state index contributed by atoms with van der Waals surface area (Å²) in [4.78, 5) is 0. The van der Waals surface area contributed by atoms with Crippen LogP contribution in [0.3, 0.4) is 0 Å². The van der Waals surface area contributed by atoms with E-state index in [1.807, 2.05) is 84.9 Å². The molecule has 29 heavy (non-hydrogen) atoms. The van der Waals surface area contributed by atoms with Gasteiger partial charge in [0.15, 0.2) is 0 Å². The number of hydrogen-bond acceptors (Lipinski definition) is 4. The van der Waals surface area contributed by atoms with Crippen LogP contribution in [-0.2, 0) is 6.42 Å². The zero-order valence-corrected chi connectivity index (χ0v) is 15.9. The smallest absolute Gasteiger partial charge is 0.0857 e. The van der Waals surface area contributed by atoms with Gasteiger partial charge in [-0.15, -0.1) is 0 Å². The Labute approximate surface area is 170 Å². The van der Waals surface area contributed by atoms with Gasteiger partial charge < -0.3 is 0 Å². The van der Waals surface area contributed by atoms with Gasteiger partial charge in [0.05, 0.1) is 22.7 Å². The van der Waals surface area contributed by atoms with Crippen molar-refractivity contribution in [3.63, 3.8) is 0 Å². The van der Waals surface area contributed by atoms with Crippen LogP contribution in [0.4, 0.5) is 22.7 Å². The molecule has 140 valence electrons. The minimum atomic E-state index is 0.842. The van der Waals surface area contributed by atoms with E-state index in [-0.39, 0.29) is 0 Å². The molecule has 0 radical (unpaired) electrons. The van der Waals surface area contributed by atoms with Gasteiger partial charge in [-0.1, -0.05) is 60.7 Å². The first-order valence-corrected chi connectivity index (χ1v) is 9.47. The number of benzene rings is 4. The average molecular weight is 376 g/mol. The molecule has 4 heteroatoms. The van der Waals surface area contributed by atoms with E-state index < -0.39 is 0 Å². The predicted octanol–water partition coefficient (Wildman–Crippen LogP) is 8.11. The third kappa shape index (κ3) is 5.53. The highest BCUT2D eigenvalue weighted by molar-refractivity contribution is 5.44. The molecule has 0 fully saturated rings. The molecular weight excluding hydrogens is 356 g/mol. The summed E-state index contributed by atoms with van der Waals surface area (Å²) in [5, 5.41) is 17.1. The molecule has 0 saturated heterocycles. The molecule has 0 aliphatic carbocycles. The first-order valence-electron chi connectivity index (χ1n) is 9.47. The Morgan fingerprint density at radius 3 is 1.00 bits per heavy atom. The lowest BCUT2D eigenvalue weighted by Crippen LogP contribution is -1.86. The molecule has 4 aromatic rings. The van der Waals surface area contributed by atoms with Gasteiger partial charge >= 0.3 is 0 Å². The second-order valence-corrected chi connectivity index (χ2v) is 6.58. The molecule has 4 nitrogen and oxygen atoms in total. The van der Waals surface area contributed by atoms with Gasteiger partial charge in [0.2, 0.25) is 0 Å². The summed E-state index contributed by atoms with van der Waals surface area (Å²) in [6.07, 6.45) is 0.853. The number of rotatable bonds is 6.